The smallest absolute Gasteiger partial charge is 0.311 e. The van der Waals surface area contributed by atoms with E-state index in [2.05, 4.69) is 5.32 Å². The average Bonchev–Trinajstić information content (AvgIpc) is 2.75. The Bertz CT molecular complexity index is 614. The number of ether oxygens (including phenoxy) is 1. The van der Waals surface area contributed by atoms with Crippen LogP contribution in [-0.2, 0) is 14.3 Å². The Balaban J connectivity index is 2.41. The number of carbonyl (C=O) groups is 2. The number of nitrogens with one attached hydrogen (secondary N) is 1. The molecule has 0 amide bonds. The molecule has 0 saturated carbocycles. The zero-order chi connectivity index (χ0) is 18.0. The van der Waals surface area contributed by atoms with Crippen LogP contribution in [-0.4, -0.2) is 23.4 Å². The third-order valence-corrected chi connectivity index (χ3v) is 4.31. The monoisotopic (exact) mass is 329 g/mol. The van der Waals surface area contributed by atoms with Gasteiger partial charge >= 0.3 is 5.97 Å². The normalized spacial score (nSPS) is 26.5. The van der Waals surface area contributed by atoms with Gasteiger partial charge in [0.1, 0.15) is 11.9 Å². The third kappa shape index (κ3) is 4.12. The molecule has 4 heteroatoms. The molecule has 1 fully saturated rings. The number of carbonyl (C=O) groups excluding carboxylic acids is 2. The molecule has 1 N–H and O–H groups in total. The molecular formula is C20H27NO3. The first-order valence-corrected chi connectivity index (χ1v) is 8.33. The summed E-state index contributed by atoms with van der Waals surface area (Å²) in [6, 6.07) is 9.94. The summed E-state index contributed by atoms with van der Waals surface area (Å²) >= 11 is 0. The highest BCUT2D eigenvalue weighted by Crippen LogP contribution is 2.44. The fourth-order valence-electron chi connectivity index (χ4n) is 3.44. The van der Waals surface area contributed by atoms with Crippen LogP contribution in [0, 0.1) is 11.8 Å². The van der Waals surface area contributed by atoms with Gasteiger partial charge in [0.05, 0.1) is 5.92 Å². The van der Waals surface area contributed by atoms with Crippen molar-refractivity contribution in [3.63, 3.8) is 0 Å². The predicted octanol–water partition coefficient (Wildman–Crippen LogP) is 3.44. The van der Waals surface area contributed by atoms with E-state index in [4.69, 9.17) is 4.74 Å². The van der Waals surface area contributed by atoms with Gasteiger partial charge in [0, 0.05) is 17.5 Å². The summed E-state index contributed by atoms with van der Waals surface area (Å²) in [5.41, 5.74) is 0.106. The largest absolute Gasteiger partial charge is 0.460 e. The fourth-order valence-corrected chi connectivity index (χ4v) is 3.44. The maximum atomic E-state index is 12.8. The molecule has 4 nitrogen and oxygen atoms in total. The molecule has 1 aromatic rings. The van der Waals surface area contributed by atoms with Crippen molar-refractivity contribution in [3.05, 3.63) is 48.0 Å². The van der Waals surface area contributed by atoms with E-state index >= 15 is 0 Å². The maximum Gasteiger partial charge on any atom is 0.311 e. The molecule has 1 unspecified atom stereocenters. The van der Waals surface area contributed by atoms with Crippen LogP contribution in [0.3, 0.4) is 0 Å². The second-order valence-corrected chi connectivity index (χ2v) is 7.86. The molecule has 1 heterocycles. The first-order chi connectivity index (χ1) is 11.2. The molecular weight excluding hydrogens is 302 g/mol. The number of rotatable bonds is 4. The SMILES string of the molecule is CC(C)(C)OC(=O)C1[C@@H](/C=C/C=O)[C@H](c2ccccc2)NC1(C)C. The Morgan fingerprint density at radius 1 is 1.21 bits per heavy atom. The summed E-state index contributed by atoms with van der Waals surface area (Å²) in [4.78, 5) is 23.7. The highest BCUT2D eigenvalue weighted by atomic mass is 16.6. The van der Waals surface area contributed by atoms with Crippen molar-refractivity contribution < 1.29 is 14.3 Å². The minimum Gasteiger partial charge on any atom is -0.460 e. The molecule has 3 atom stereocenters. The topological polar surface area (TPSA) is 55.4 Å². The second-order valence-electron chi connectivity index (χ2n) is 7.86. The number of benzene rings is 1. The van der Waals surface area contributed by atoms with Crippen LogP contribution in [0.5, 0.6) is 0 Å². The lowest BCUT2D eigenvalue weighted by atomic mass is 9.79. The second kappa shape index (κ2) is 6.89. The van der Waals surface area contributed by atoms with Crippen molar-refractivity contribution in [1.82, 2.24) is 5.32 Å². The molecule has 1 aliphatic rings. The minimum atomic E-state index is -0.545. The van der Waals surface area contributed by atoms with Crippen LogP contribution in [0.25, 0.3) is 0 Å². The van der Waals surface area contributed by atoms with Crippen LogP contribution in [0.15, 0.2) is 42.5 Å². The van der Waals surface area contributed by atoms with Gasteiger partial charge in [-0.1, -0.05) is 36.4 Å². The van der Waals surface area contributed by atoms with E-state index in [1.54, 1.807) is 0 Å². The highest BCUT2D eigenvalue weighted by Gasteiger charge is 2.52. The van der Waals surface area contributed by atoms with Gasteiger partial charge in [-0.15, -0.1) is 0 Å². The first-order valence-electron chi connectivity index (χ1n) is 8.33. The lowest BCUT2D eigenvalue weighted by Gasteiger charge is -2.30. The van der Waals surface area contributed by atoms with Crippen molar-refractivity contribution in [1.29, 1.82) is 0 Å². The van der Waals surface area contributed by atoms with Crippen LogP contribution >= 0.6 is 0 Å². The molecule has 130 valence electrons. The summed E-state index contributed by atoms with van der Waals surface area (Å²) in [5, 5.41) is 3.55. The van der Waals surface area contributed by atoms with Gasteiger partial charge in [-0.3, -0.25) is 9.59 Å². The zero-order valence-corrected chi connectivity index (χ0v) is 15.1. The Labute approximate surface area is 144 Å². The summed E-state index contributed by atoms with van der Waals surface area (Å²) in [6.07, 6.45) is 4.04. The van der Waals surface area contributed by atoms with E-state index in [0.29, 0.717) is 0 Å². The molecule has 0 spiro atoms. The Morgan fingerprint density at radius 3 is 2.38 bits per heavy atom. The minimum absolute atomic E-state index is 0.0464. The molecule has 2 rings (SSSR count). The third-order valence-electron chi connectivity index (χ3n) is 4.31. The quantitative estimate of drug-likeness (QED) is 0.522. The molecule has 0 aromatic heterocycles. The van der Waals surface area contributed by atoms with Gasteiger partial charge in [-0.05, 0) is 46.3 Å². The highest BCUT2D eigenvalue weighted by molar-refractivity contribution is 5.76. The van der Waals surface area contributed by atoms with Gasteiger partial charge in [0.25, 0.3) is 0 Å². The van der Waals surface area contributed by atoms with Crippen LogP contribution in [0.4, 0.5) is 0 Å². The van der Waals surface area contributed by atoms with Crippen molar-refractivity contribution in [2.24, 2.45) is 11.8 Å². The number of aldehydes is 1. The van der Waals surface area contributed by atoms with Crippen molar-refractivity contribution in [3.8, 4) is 0 Å². The first kappa shape index (κ1) is 18.4. The van der Waals surface area contributed by atoms with Crippen molar-refractivity contribution in [2.45, 2.75) is 51.8 Å². The Morgan fingerprint density at radius 2 is 1.83 bits per heavy atom. The molecule has 24 heavy (non-hydrogen) atoms. The predicted molar refractivity (Wildman–Crippen MR) is 94.4 cm³/mol. The number of allylic oxidation sites excluding steroid dienone is 1. The number of hydrogen-bond donors (Lipinski definition) is 1. The van der Waals surface area contributed by atoms with Crippen LogP contribution in [0.2, 0.25) is 0 Å². The molecule has 1 saturated heterocycles. The molecule has 0 radical (unpaired) electrons. The molecule has 0 aliphatic carbocycles. The van der Waals surface area contributed by atoms with E-state index in [-0.39, 0.29) is 23.8 Å². The van der Waals surface area contributed by atoms with Gasteiger partial charge in [0.15, 0.2) is 0 Å². The van der Waals surface area contributed by atoms with Crippen molar-refractivity contribution >= 4 is 12.3 Å². The van der Waals surface area contributed by atoms with E-state index in [1.165, 1.54) is 6.08 Å². The molecule has 1 aromatic carbocycles. The van der Waals surface area contributed by atoms with E-state index in [9.17, 15) is 9.59 Å². The Kier molecular flexibility index (Phi) is 5.29. The number of esters is 1. The maximum absolute atomic E-state index is 12.8. The van der Waals surface area contributed by atoms with Gasteiger partial charge in [-0.2, -0.15) is 0 Å². The summed E-state index contributed by atoms with van der Waals surface area (Å²) in [5.74, 6) is -0.764. The summed E-state index contributed by atoms with van der Waals surface area (Å²) in [6.45, 7) is 9.61. The Hall–Kier alpha value is -1.94. The average molecular weight is 329 g/mol. The van der Waals surface area contributed by atoms with Crippen LogP contribution in [0.1, 0.15) is 46.2 Å². The van der Waals surface area contributed by atoms with E-state index in [1.807, 2.05) is 71.0 Å². The van der Waals surface area contributed by atoms with Gasteiger partial charge in [0.2, 0.25) is 0 Å². The lowest BCUT2D eigenvalue weighted by Crippen LogP contribution is -2.44. The van der Waals surface area contributed by atoms with E-state index in [0.717, 1.165) is 11.8 Å². The molecule has 1 aliphatic heterocycles. The standard InChI is InChI=1S/C20H27NO3/c1-19(2,3)24-18(23)16-15(12-9-13-22)17(21-20(16,4)5)14-10-7-6-8-11-14/h6-13,15-17,21H,1-5H3/b12-9+/t15-,16?,17+/m1/s1. The van der Waals surface area contributed by atoms with E-state index < -0.39 is 11.1 Å². The van der Waals surface area contributed by atoms with Crippen molar-refractivity contribution in [2.75, 3.05) is 0 Å². The van der Waals surface area contributed by atoms with Crippen LogP contribution < -0.4 is 5.32 Å². The zero-order valence-electron chi connectivity index (χ0n) is 15.1. The molecule has 0 bridgehead atoms. The summed E-state index contributed by atoms with van der Waals surface area (Å²) < 4.78 is 5.65. The fraction of sp³-hybridized carbons (Fsp3) is 0.500. The number of hydrogen-bond acceptors (Lipinski definition) is 4. The summed E-state index contributed by atoms with van der Waals surface area (Å²) in [7, 11) is 0. The lowest BCUT2D eigenvalue weighted by molar-refractivity contribution is -0.162. The van der Waals surface area contributed by atoms with Gasteiger partial charge < -0.3 is 10.1 Å². The van der Waals surface area contributed by atoms with Gasteiger partial charge in [-0.25, -0.2) is 0 Å².